The second-order valence-electron chi connectivity index (χ2n) is 16.6. The smallest absolute Gasteiger partial charge is 0.0622 e. The van der Waals surface area contributed by atoms with Crippen molar-refractivity contribution < 1.29 is 24.1 Å². The zero-order valence-electron chi connectivity index (χ0n) is 35.2. The summed E-state index contributed by atoms with van der Waals surface area (Å²) in [7, 11) is 0. The number of nitrogens with zero attached hydrogens (tertiary/aromatic N) is 5. The average molecular weight is 987 g/mol. The molecular weight excluding hydrogens is 942 g/mol. The number of benzene rings is 5. The van der Waals surface area contributed by atoms with Crippen LogP contribution in [0.15, 0.2) is 152 Å². The van der Waals surface area contributed by atoms with Crippen LogP contribution in [0.2, 0.25) is 0 Å². The normalized spacial score (nSPS) is 12.7. The predicted octanol–water partition coefficient (Wildman–Crippen LogP) is 12.9. The zero-order chi connectivity index (χ0) is 42.1. The van der Waals surface area contributed by atoms with Crippen LogP contribution in [0.4, 0.5) is 0 Å². The molecule has 306 valence electrons. The van der Waals surface area contributed by atoms with Crippen LogP contribution in [0.1, 0.15) is 44.8 Å². The summed E-state index contributed by atoms with van der Waals surface area (Å²) in [4.78, 5) is 10.5. The summed E-state index contributed by atoms with van der Waals surface area (Å²) in [5, 5.41) is 1.04. The molecule has 0 atom stereocenters. The summed E-state index contributed by atoms with van der Waals surface area (Å²) in [5.74, 6) is 2.36. The molecule has 0 saturated heterocycles. The van der Waals surface area contributed by atoms with E-state index >= 15 is 0 Å². The van der Waals surface area contributed by atoms with Gasteiger partial charge in [0.05, 0.1) is 5.69 Å². The van der Waals surface area contributed by atoms with Gasteiger partial charge in [0.15, 0.2) is 0 Å². The third-order valence-electron chi connectivity index (χ3n) is 12.9. The minimum Gasteiger partial charge on any atom is -0.0622 e. The summed E-state index contributed by atoms with van der Waals surface area (Å²) < 4.78 is 15.0. The molecule has 2 aliphatic carbocycles. The summed E-state index contributed by atoms with van der Waals surface area (Å²) >= 11 is 2.50. The Morgan fingerprint density at radius 1 is 0.565 bits per heavy atom. The van der Waals surface area contributed by atoms with Crippen LogP contribution in [-0.4, -0.2) is 23.5 Å². The molecule has 10 aromatic rings. The van der Waals surface area contributed by atoms with Gasteiger partial charge in [-0.05, 0) is 31.0 Å². The number of imidazole rings is 1. The molecule has 7 heteroatoms. The summed E-state index contributed by atoms with van der Waals surface area (Å²) in [5.41, 5.74) is 20.2. The van der Waals surface area contributed by atoms with Crippen molar-refractivity contribution in [3.05, 3.63) is 200 Å². The van der Waals surface area contributed by atoms with Crippen molar-refractivity contribution in [2.75, 3.05) is 0 Å². The number of rotatable bonds is 6. The topological polar surface area (TPSA) is 49.3 Å². The van der Waals surface area contributed by atoms with E-state index in [1.807, 2.05) is 12.1 Å². The Bertz CT molecular complexity index is 3430. The third kappa shape index (κ3) is 6.56. The van der Waals surface area contributed by atoms with E-state index in [1.165, 1.54) is 50.2 Å². The van der Waals surface area contributed by atoms with Crippen molar-refractivity contribution in [2.45, 2.75) is 53.4 Å². The standard InChI is InChI=1S/C55H45N5O.Pt/c1-35-30-53(56-38(4)54(35)43-14-9-6-10-15-43)60-50-29-28-49(41-12-7-5-8-13-41)57-55(50)48-27-26-47(32-51(48)60)61-46-17-11-16-45(31-46)58-33-52-42-21-20-39-18-19-40(37(3)36(39)2)22-24-44(25-23-42)59(52)34-58;/h5-19,23,25-33H,20-22,24H2,1-4H3;. The number of aryl methyl sites for hydroxylation is 6. The van der Waals surface area contributed by atoms with Gasteiger partial charge in [-0.3, -0.25) is 0 Å². The Morgan fingerprint density at radius 3 is 2.02 bits per heavy atom. The first kappa shape index (κ1) is 38.3. The fourth-order valence-electron chi connectivity index (χ4n) is 9.60. The van der Waals surface area contributed by atoms with Gasteiger partial charge in [-0.2, -0.15) is 0 Å². The molecule has 0 saturated carbocycles. The fraction of sp³-hybridized carbons (Fsp3) is 0.145. The average Bonchev–Trinajstić information content (AvgIpc) is 3.81. The summed E-state index contributed by atoms with van der Waals surface area (Å²) in [6.45, 7) is 8.86. The van der Waals surface area contributed by atoms with Gasteiger partial charge in [0, 0.05) is 16.8 Å². The number of ether oxygens (including phenoxy) is 1. The Labute approximate surface area is 372 Å². The molecule has 0 spiro atoms. The molecule has 14 rings (SSSR count). The molecule has 7 heterocycles. The van der Waals surface area contributed by atoms with Crippen LogP contribution in [0.25, 0.3) is 61.3 Å². The van der Waals surface area contributed by atoms with Crippen LogP contribution in [0, 0.1) is 31.5 Å². The zero-order valence-corrected chi connectivity index (χ0v) is 37.5. The van der Waals surface area contributed by atoms with Gasteiger partial charge < -0.3 is 0 Å². The SMILES string of the molecule is Cc1cc(-n2c3cc(Oc4cccc(-n5cc6c7ccc(n6[c]5=[Pt])CCc5ccc(c(C)c5C)CC7)c4)ccc3c3nc(-c4ccccc4)ccc32)nc(C)c1-c1ccccc1. The van der Waals surface area contributed by atoms with Crippen molar-refractivity contribution in [1.29, 1.82) is 0 Å². The monoisotopic (exact) mass is 986 g/mol. The molecule has 0 fully saturated rings. The molecule has 0 radical (unpaired) electrons. The molecule has 5 aromatic heterocycles. The molecule has 0 unspecified atom stereocenters. The molecular formula is C55H45N5OPt. The second kappa shape index (κ2) is 15.4. The fourth-order valence-corrected chi connectivity index (χ4v) is 10.6. The minimum absolute atomic E-state index is 0.741. The van der Waals surface area contributed by atoms with E-state index in [4.69, 9.17) is 14.7 Å². The minimum atomic E-state index is 0.741. The number of aromatic nitrogens is 5. The Kier molecular flexibility index (Phi) is 9.50. The van der Waals surface area contributed by atoms with Crippen LogP contribution in [0.3, 0.4) is 0 Å². The van der Waals surface area contributed by atoms with Crippen molar-refractivity contribution in [3.8, 4) is 45.4 Å². The van der Waals surface area contributed by atoms with Crippen LogP contribution >= 0.6 is 0 Å². The van der Waals surface area contributed by atoms with E-state index in [1.54, 1.807) is 0 Å². The molecule has 2 aliphatic heterocycles. The van der Waals surface area contributed by atoms with Gasteiger partial charge in [-0.15, -0.1) is 0 Å². The van der Waals surface area contributed by atoms with Crippen molar-refractivity contribution in [2.24, 2.45) is 0 Å². The predicted molar refractivity (Wildman–Crippen MR) is 247 cm³/mol. The van der Waals surface area contributed by atoms with E-state index < -0.39 is 0 Å². The van der Waals surface area contributed by atoms with Gasteiger partial charge in [0.2, 0.25) is 0 Å². The maximum atomic E-state index is 6.78. The molecule has 4 bridgehead atoms. The number of pyridine rings is 3. The summed E-state index contributed by atoms with van der Waals surface area (Å²) in [6, 6.07) is 51.5. The van der Waals surface area contributed by atoms with E-state index in [9.17, 15) is 0 Å². The molecule has 0 amide bonds. The number of hydrogen-bond donors (Lipinski definition) is 0. The van der Waals surface area contributed by atoms with E-state index in [-0.39, 0.29) is 0 Å². The Hall–Kier alpha value is -6.62. The van der Waals surface area contributed by atoms with E-state index in [0.717, 1.165) is 96.9 Å². The van der Waals surface area contributed by atoms with Crippen molar-refractivity contribution in [3.63, 3.8) is 0 Å². The Balaban J connectivity index is 0.995. The molecule has 62 heavy (non-hydrogen) atoms. The quantitative estimate of drug-likeness (QED) is 0.167. The maximum absolute atomic E-state index is 6.78. The third-order valence-corrected chi connectivity index (χ3v) is 14.0. The van der Waals surface area contributed by atoms with Crippen LogP contribution in [0.5, 0.6) is 11.5 Å². The summed E-state index contributed by atoms with van der Waals surface area (Å²) in [6.07, 6.45) is 6.31. The first-order chi connectivity index (χ1) is 30.3. The molecule has 5 aromatic carbocycles. The van der Waals surface area contributed by atoms with Crippen LogP contribution in [-0.2, 0) is 45.0 Å². The van der Waals surface area contributed by atoms with E-state index in [2.05, 4.69) is 200 Å². The van der Waals surface area contributed by atoms with Gasteiger partial charge in [0.1, 0.15) is 0 Å². The van der Waals surface area contributed by atoms with Gasteiger partial charge in [0.25, 0.3) is 0 Å². The van der Waals surface area contributed by atoms with E-state index in [0.29, 0.717) is 0 Å². The van der Waals surface area contributed by atoms with Crippen molar-refractivity contribution >= 4 is 27.5 Å². The molecule has 4 aliphatic rings. The number of fused-ring (bicyclic) bond motifs is 3. The first-order valence-corrected chi connectivity index (χ1v) is 22.5. The molecule has 6 nitrogen and oxygen atoms in total. The van der Waals surface area contributed by atoms with Gasteiger partial charge in [-0.25, -0.2) is 0 Å². The number of hydrogen-bond acceptors (Lipinski definition) is 3. The molecule has 0 N–H and O–H groups in total. The van der Waals surface area contributed by atoms with Gasteiger partial charge in [-0.1, -0.05) is 60.7 Å². The second-order valence-corrected chi connectivity index (χ2v) is 17.6. The van der Waals surface area contributed by atoms with Crippen molar-refractivity contribution in [1.82, 2.24) is 23.5 Å². The Morgan fingerprint density at radius 2 is 1.26 bits per heavy atom. The van der Waals surface area contributed by atoms with Crippen LogP contribution < -0.4 is 4.74 Å². The first-order valence-electron chi connectivity index (χ1n) is 21.4. The van der Waals surface area contributed by atoms with Gasteiger partial charge >= 0.3 is 260 Å².